The molecule has 26 heavy (non-hydrogen) atoms. The van der Waals surface area contributed by atoms with Crippen LogP contribution in [0.5, 0.6) is 0 Å². The van der Waals surface area contributed by atoms with Crippen LogP contribution in [-0.2, 0) is 17.8 Å². The van der Waals surface area contributed by atoms with E-state index in [1.54, 1.807) is 0 Å². The first-order valence-corrected chi connectivity index (χ1v) is 9.14. The average molecular weight is 472 g/mol. The Morgan fingerprint density at radius 3 is 2.65 bits per heavy atom. The maximum Gasteiger partial charge on any atom is 0.193 e. The predicted octanol–water partition coefficient (Wildman–Crippen LogP) is 3.11. The van der Waals surface area contributed by atoms with Gasteiger partial charge in [0.2, 0.25) is 0 Å². The van der Waals surface area contributed by atoms with Gasteiger partial charge in [0.05, 0.1) is 13.2 Å². The van der Waals surface area contributed by atoms with Crippen LogP contribution < -0.4 is 5.32 Å². The van der Waals surface area contributed by atoms with E-state index >= 15 is 0 Å². The number of hydrogen-bond donors (Lipinski definition) is 1. The van der Waals surface area contributed by atoms with E-state index in [2.05, 4.69) is 58.0 Å². The highest BCUT2D eigenvalue weighted by molar-refractivity contribution is 14.0. The van der Waals surface area contributed by atoms with E-state index < -0.39 is 0 Å². The molecule has 1 aliphatic rings. The Balaban J connectivity index is 0.00000338. The van der Waals surface area contributed by atoms with Gasteiger partial charge < -0.3 is 15.0 Å². The number of halogens is 1. The van der Waals surface area contributed by atoms with Crippen molar-refractivity contribution in [2.24, 2.45) is 4.99 Å². The van der Waals surface area contributed by atoms with Gasteiger partial charge in [-0.25, -0.2) is 0 Å². The average Bonchev–Trinajstić information content (AvgIpc) is 2.64. The number of morpholine rings is 1. The second-order valence-electron chi connectivity index (χ2n) is 6.41. The third kappa shape index (κ3) is 7.63. The molecule has 0 unspecified atom stereocenters. The van der Waals surface area contributed by atoms with Crippen LogP contribution in [0.15, 0.2) is 41.9 Å². The Hall–Kier alpha value is -1.12. The van der Waals surface area contributed by atoms with E-state index in [-0.39, 0.29) is 24.0 Å². The van der Waals surface area contributed by atoms with Crippen molar-refractivity contribution in [3.8, 4) is 0 Å². The molecule has 1 aromatic rings. The summed E-state index contributed by atoms with van der Waals surface area (Å²) in [4.78, 5) is 9.04. The van der Waals surface area contributed by atoms with Gasteiger partial charge in [-0.15, -0.1) is 30.6 Å². The lowest BCUT2D eigenvalue weighted by molar-refractivity contribution is 0.0341. The molecule has 1 aromatic carbocycles. The largest absolute Gasteiger partial charge is 0.379 e. The number of guanidine groups is 1. The molecule has 1 heterocycles. The fourth-order valence-corrected chi connectivity index (χ4v) is 3.02. The van der Waals surface area contributed by atoms with Crippen LogP contribution in [-0.4, -0.2) is 62.7 Å². The summed E-state index contributed by atoms with van der Waals surface area (Å²) in [5, 5.41) is 3.50. The van der Waals surface area contributed by atoms with Gasteiger partial charge >= 0.3 is 0 Å². The number of aliphatic imine (C=N–C) groups is 1. The van der Waals surface area contributed by atoms with Crippen LogP contribution in [0.3, 0.4) is 0 Å². The van der Waals surface area contributed by atoms with Crippen LogP contribution >= 0.6 is 24.0 Å². The van der Waals surface area contributed by atoms with Crippen molar-refractivity contribution in [3.63, 3.8) is 0 Å². The molecule has 1 aliphatic heterocycles. The van der Waals surface area contributed by atoms with E-state index in [1.165, 1.54) is 11.1 Å². The van der Waals surface area contributed by atoms with Crippen LogP contribution in [0.1, 0.15) is 24.0 Å². The summed E-state index contributed by atoms with van der Waals surface area (Å²) in [6, 6.07) is 8.66. The van der Waals surface area contributed by atoms with Crippen LogP contribution in [0.2, 0.25) is 0 Å². The normalized spacial score (nSPS) is 15.2. The number of rotatable bonds is 8. The van der Waals surface area contributed by atoms with E-state index in [1.807, 2.05) is 13.1 Å². The van der Waals surface area contributed by atoms with Gasteiger partial charge in [0, 0.05) is 46.8 Å². The zero-order valence-corrected chi connectivity index (χ0v) is 18.4. The zero-order valence-electron chi connectivity index (χ0n) is 16.1. The van der Waals surface area contributed by atoms with Crippen LogP contribution in [0.4, 0.5) is 0 Å². The number of nitrogens with zero attached hydrogens (tertiary/aromatic N) is 3. The summed E-state index contributed by atoms with van der Waals surface area (Å²) in [5.74, 6) is 0.935. The summed E-state index contributed by atoms with van der Waals surface area (Å²) in [7, 11) is 3.92. The summed E-state index contributed by atoms with van der Waals surface area (Å²) >= 11 is 0. The Kier molecular flexibility index (Phi) is 11.6. The molecule has 146 valence electrons. The molecule has 0 spiro atoms. The first-order chi connectivity index (χ1) is 12.2. The van der Waals surface area contributed by atoms with E-state index in [0.717, 1.165) is 64.7 Å². The first kappa shape index (κ1) is 22.9. The van der Waals surface area contributed by atoms with Gasteiger partial charge in [0.15, 0.2) is 5.96 Å². The Morgan fingerprint density at radius 1 is 1.31 bits per heavy atom. The van der Waals surface area contributed by atoms with Gasteiger partial charge in [-0.05, 0) is 24.0 Å². The summed E-state index contributed by atoms with van der Waals surface area (Å²) in [6.45, 7) is 10.2. The molecule has 1 saturated heterocycles. The van der Waals surface area contributed by atoms with Crippen molar-refractivity contribution in [2.45, 2.75) is 25.9 Å². The van der Waals surface area contributed by atoms with Gasteiger partial charge in [-0.1, -0.05) is 30.3 Å². The number of ether oxygens (including phenoxy) is 1. The molecule has 1 fully saturated rings. The quantitative estimate of drug-likeness (QED) is 0.208. The van der Waals surface area contributed by atoms with Crippen molar-refractivity contribution < 1.29 is 4.74 Å². The fraction of sp³-hybridized carbons (Fsp3) is 0.550. The maximum absolute atomic E-state index is 5.45. The molecule has 0 aromatic heterocycles. The lowest BCUT2D eigenvalue weighted by atomic mass is 10.1. The first-order valence-electron chi connectivity index (χ1n) is 9.14. The van der Waals surface area contributed by atoms with Crippen LogP contribution in [0, 0.1) is 0 Å². The second kappa shape index (κ2) is 13.1. The topological polar surface area (TPSA) is 40.1 Å². The highest BCUT2D eigenvalue weighted by Crippen LogP contribution is 2.13. The smallest absolute Gasteiger partial charge is 0.193 e. The highest BCUT2D eigenvalue weighted by atomic mass is 127. The Morgan fingerprint density at radius 2 is 2.00 bits per heavy atom. The van der Waals surface area contributed by atoms with Crippen molar-refractivity contribution in [2.75, 3.05) is 46.9 Å². The van der Waals surface area contributed by atoms with Crippen molar-refractivity contribution in [3.05, 3.63) is 48.0 Å². The molecule has 6 heteroatoms. The molecule has 0 saturated carbocycles. The number of unbranched alkanes of at least 4 members (excludes halogenated alkanes) is 1. The van der Waals surface area contributed by atoms with Crippen molar-refractivity contribution in [1.82, 2.24) is 15.1 Å². The number of nitrogens with one attached hydrogen (secondary N) is 1. The Bertz CT molecular complexity index is 558. The standard InChI is InChI=1S/C20H32N4O.HI/c1-4-5-8-11-23(3)20(21-2)22-16-18-9-6-7-10-19(18)17-24-12-14-25-15-13-24;/h4,6-7,9-10H,1,5,8,11-17H2,2-3H3,(H,21,22);1H. The van der Waals surface area contributed by atoms with E-state index in [0.29, 0.717) is 0 Å². The molecule has 0 amide bonds. The maximum atomic E-state index is 5.45. The minimum absolute atomic E-state index is 0. The lowest BCUT2D eigenvalue weighted by Crippen LogP contribution is -2.39. The summed E-state index contributed by atoms with van der Waals surface area (Å²) < 4.78 is 5.45. The van der Waals surface area contributed by atoms with E-state index in [4.69, 9.17) is 4.74 Å². The number of benzene rings is 1. The molecular weight excluding hydrogens is 439 g/mol. The molecule has 0 radical (unpaired) electrons. The molecule has 0 atom stereocenters. The van der Waals surface area contributed by atoms with Gasteiger partial charge in [-0.3, -0.25) is 9.89 Å². The minimum atomic E-state index is 0. The predicted molar refractivity (Wildman–Crippen MR) is 120 cm³/mol. The number of hydrogen-bond acceptors (Lipinski definition) is 3. The highest BCUT2D eigenvalue weighted by Gasteiger charge is 2.13. The molecule has 2 rings (SSSR count). The minimum Gasteiger partial charge on any atom is -0.379 e. The Labute approximate surface area is 175 Å². The summed E-state index contributed by atoms with van der Waals surface area (Å²) in [5.41, 5.74) is 2.70. The van der Waals surface area contributed by atoms with Crippen molar-refractivity contribution in [1.29, 1.82) is 0 Å². The number of allylic oxidation sites excluding steroid dienone is 1. The van der Waals surface area contributed by atoms with Crippen molar-refractivity contribution >= 4 is 29.9 Å². The van der Waals surface area contributed by atoms with Gasteiger partial charge in [0.25, 0.3) is 0 Å². The van der Waals surface area contributed by atoms with Crippen LogP contribution in [0.25, 0.3) is 0 Å². The molecule has 1 N–H and O–H groups in total. The monoisotopic (exact) mass is 472 g/mol. The molecule has 0 bridgehead atoms. The SMILES string of the molecule is C=CCCCN(C)C(=NC)NCc1ccccc1CN1CCOCC1.I. The molecule has 5 nitrogen and oxygen atoms in total. The van der Waals surface area contributed by atoms with E-state index in [9.17, 15) is 0 Å². The molecular formula is C20H33IN4O. The van der Waals surface area contributed by atoms with Gasteiger partial charge in [-0.2, -0.15) is 0 Å². The van der Waals surface area contributed by atoms with Gasteiger partial charge in [0.1, 0.15) is 0 Å². The third-order valence-electron chi connectivity index (χ3n) is 4.53. The second-order valence-corrected chi connectivity index (χ2v) is 6.41. The fourth-order valence-electron chi connectivity index (χ4n) is 3.02. The molecule has 0 aliphatic carbocycles. The lowest BCUT2D eigenvalue weighted by Gasteiger charge is -2.28. The zero-order chi connectivity index (χ0) is 17.9. The summed E-state index contributed by atoms with van der Waals surface area (Å²) in [6.07, 6.45) is 4.09. The third-order valence-corrected chi connectivity index (χ3v) is 4.53.